The minimum atomic E-state index is -0.186. The van der Waals surface area contributed by atoms with E-state index in [1.165, 1.54) is 56.6 Å². The molecule has 0 aliphatic heterocycles. The highest BCUT2D eigenvalue weighted by atomic mass is 16.5. The second-order valence-corrected chi connectivity index (χ2v) is 12.7. The van der Waals surface area contributed by atoms with Crippen LogP contribution in [0.1, 0.15) is 112 Å². The standard InChI is InChI=1S/C29H46O3/c1-18(2)8-7-9-19(3)23-10-11-24-27-25(13-15-29(23,24)6)28(5)14-12-22(32-20(4)30)16-21(28)17-26(27)31/h18-19,21-24H,7-17H2,1-6H3. The highest BCUT2D eigenvalue weighted by molar-refractivity contribution is 5.98. The Morgan fingerprint density at radius 3 is 2.53 bits per heavy atom. The summed E-state index contributed by atoms with van der Waals surface area (Å²) in [6, 6.07) is 0. The van der Waals surface area contributed by atoms with E-state index in [1.807, 2.05) is 0 Å². The Morgan fingerprint density at radius 1 is 1.09 bits per heavy atom. The zero-order chi connectivity index (χ0) is 23.3. The van der Waals surface area contributed by atoms with E-state index in [9.17, 15) is 9.59 Å². The van der Waals surface area contributed by atoms with Gasteiger partial charge in [-0.05, 0) is 90.9 Å². The second-order valence-electron chi connectivity index (χ2n) is 12.7. The molecule has 4 rings (SSSR count). The van der Waals surface area contributed by atoms with Crippen LogP contribution in [0.15, 0.2) is 11.1 Å². The van der Waals surface area contributed by atoms with Crippen molar-refractivity contribution in [2.75, 3.05) is 0 Å². The molecule has 0 aromatic rings. The van der Waals surface area contributed by atoms with Crippen molar-refractivity contribution in [3.8, 4) is 0 Å². The first kappa shape index (κ1) is 24.0. The third-order valence-corrected chi connectivity index (χ3v) is 10.3. The Balaban J connectivity index is 1.54. The minimum Gasteiger partial charge on any atom is -0.463 e. The van der Waals surface area contributed by atoms with Gasteiger partial charge in [0.05, 0.1) is 0 Å². The highest BCUT2D eigenvalue weighted by Crippen LogP contribution is 2.65. The first-order valence-electron chi connectivity index (χ1n) is 13.5. The van der Waals surface area contributed by atoms with Crippen LogP contribution in [0.3, 0.4) is 0 Å². The number of ether oxygens (including phenoxy) is 1. The summed E-state index contributed by atoms with van der Waals surface area (Å²) in [7, 11) is 0. The zero-order valence-electron chi connectivity index (χ0n) is 21.5. The van der Waals surface area contributed by atoms with E-state index in [1.54, 1.807) is 0 Å². The molecule has 0 aromatic carbocycles. The van der Waals surface area contributed by atoms with Gasteiger partial charge in [-0.3, -0.25) is 9.59 Å². The number of hydrogen-bond donors (Lipinski definition) is 0. The lowest BCUT2D eigenvalue weighted by atomic mass is 9.50. The molecule has 0 bridgehead atoms. The highest BCUT2D eigenvalue weighted by Gasteiger charge is 2.58. The maximum Gasteiger partial charge on any atom is 0.302 e. The van der Waals surface area contributed by atoms with Crippen LogP contribution in [-0.4, -0.2) is 17.9 Å². The molecule has 0 aromatic heterocycles. The molecule has 3 nitrogen and oxygen atoms in total. The summed E-state index contributed by atoms with van der Waals surface area (Å²) in [5.74, 6) is 3.35. The zero-order valence-corrected chi connectivity index (χ0v) is 21.5. The first-order chi connectivity index (χ1) is 15.1. The summed E-state index contributed by atoms with van der Waals surface area (Å²) in [4.78, 5) is 25.1. The number of ketones is 1. The van der Waals surface area contributed by atoms with Crippen molar-refractivity contribution in [3.05, 3.63) is 11.1 Å². The molecule has 0 amide bonds. The van der Waals surface area contributed by atoms with Crippen LogP contribution in [0, 0.1) is 40.4 Å². The number of carbonyl (C=O) groups excluding carboxylic acids is 2. The molecule has 0 radical (unpaired) electrons. The number of esters is 1. The molecule has 4 aliphatic carbocycles. The van der Waals surface area contributed by atoms with E-state index in [4.69, 9.17) is 4.74 Å². The van der Waals surface area contributed by atoms with Crippen molar-refractivity contribution in [2.24, 2.45) is 40.4 Å². The smallest absolute Gasteiger partial charge is 0.302 e. The third-order valence-electron chi connectivity index (χ3n) is 10.3. The Bertz CT molecular complexity index is 779. The molecule has 7 unspecified atom stereocenters. The van der Waals surface area contributed by atoms with E-state index in [-0.39, 0.29) is 17.5 Å². The van der Waals surface area contributed by atoms with Crippen molar-refractivity contribution in [1.82, 2.24) is 0 Å². The van der Waals surface area contributed by atoms with Gasteiger partial charge >= 0.3 is 5.97 Å². The van der Waals surface area contributed by atoms with Crippen LogP contribution in [0.5, 0.6) is 0 Å². The summed E-state index contributed by atoms with van der Waals surface area (Å²) in [6.45, 7) is 13.6. The average molecular weight is 443 g/mol. The molecule has 180 valence electrons. The van der Waals surface area contributed by atoms with Crippen molar-refractivity contribution >= 4 is 11.8 Å². The first-order valence-corrected chi connectivity index (χ1v) is 13.5. The van der Waals surface area contributed by atoms with Crippen LogP contribution in [0.4, 0.5) is 0 Å². The Kier molecular flexibility index (Phi) is 6.69. The summed E-state index contributed by atoms with van der Waals surface area (Å²) in [5.41, 5.74) is 3.20. The van der Waals surface area contributed by atoms with Crippen molar-refractivity contribution in [2.45, 2.75) is 118 Å². The normalized spacial score (nSPS) is 40.0. The molecule has 0 saturated heterocycles. The van der Waals surface area contributed by atoms with Crippen LogP contribution < -0.4 is 0 Å². The monoisotopic (exact) mass is 442 g/mol. The predicted molar refractivity (Wildman–Crippen MR) is 129 cm³/mol. The van der Waals surface area contributed by atoms with E-state index in [0.717, 1.165) is 43.4 Å². The molecule has 2 fully saturated rings. The number of Topliss-reactive ketones (excluding diaryl/α,β-unsaturated/α-hetero) is 1. The molecule has 0 heterocycles. The van der Waals surface area contributed by atoms with Crippen LogP contribution in [-0.2, 0) is 14.3 Å². The Morgan fingerprint density at radius 2 is 1.84 bits per heavy atom. The summed E-state index contributed by atoms with van der Waals surface area (Å²) in [6.07, 6.45) is 12.4. The average Bonchev–Trinajstić information content (AvgIpc) is 3.05. The van der Waals surface area contributed by atoms with Crippen LogP contribution in [0.2, 0.25) is 0 Å². The number of allylic oxidation sites excluding steroid dienone is 2. The number of hydrogen-bond acceptors (Lipinski definition) is 3. The van der Waals surface area contributed by atoms with Gasteiger partial charge in [-0.15, -0.1) is 0 Å². The van der Waals surface area contributed by atoms with Gasteiger partial charge in [-0.1, -0.05) is 59.5 Å². The number of rotatable bonds is 6. The van der Waals surface area contributed by atoms with Crippen LogP contribution in [0.25, 0.3) is 0 Å². The number of carbonyl (C=O) groups is 2. The molecule has 2 saturated carbocycles. The van der Waals surface area contributed by atoms with Crippen LogP contribution >= 0.6 is 0 Å². The fourth-order valence-electron chi connectivity index (χ4n) is 8.52. The van der Waals surface area contributed by atoms with E-state index >= 15 is 0 Å². The summed E-state index contributed by atoms with van der Waals surface area (Å²) < 4.78 is 5.56. The molecular formula is C29H46O3. The van der Waals surface area contributed by atoms with Crippen molar-refractivity contribution in [3.63, 3.8) is 0 Å². The number of fused-ring (bicyclic) bond motifs is 4. The lowest BCUT2D eigenvalue weighted by Crippen LogP contribution is -2.48. The van der Waals surface area contributed by atoms with E-state index in [2.05, 4.69) is 34.6 Å². The Labute approximate surface area is 196 Å². The molecule has 0 spiro atoms. The molecule has 32 heavy (non-hydrogen) atoms. The largest absolute Gasteiger partial charge is 0.463 e. The maximum absolute atomic E-state index is 13.6. The van der Waals surface area contributed by atoms with Crippen molar-refractivity contribution < 1.29 is 14.3 Å². The lowest BCUT2D eigenvalue weighted by molar-refractivity contribution is -0.150. The van der Waals surface area contributed by atoms with Gasteiger partial charge in [0, 0.05) is 13.3 Å². The minimum absolute atomic E-state index is 0.00284. The van der Waals surface area contributed by atoms with Gasteiger partial charge in [0.25, 0.3) is 0 Å². The van der Waals surface area contributed by atoms with E-state index in [0.29, 0.717) is 29.5 Å². The summed E-state index contributed by atoms with van der Waals surface area (Å²) in [5, 5.41) is 0. The third kappa shape index (κ3) is 4.11. The fourth-order valence-corrected chi connectivity index (χ4v) is 8.52. The van der Waals surface area contributed by atoms with E-state index < -0.39 is 0 Å². The second kappa shape index (κ2) is 8.91. The molecule has 4 aliphatic rings. The molecular weight excluding hydrogens is 396 g/mol. The van der Waals surface area contributed by atoms with Gasteiger partial charge in [0.15, 0.2) is 5.78 Å². The van der Waals surface area contributed by atoms with Gasteiger partial charge in [0.2, 0.25) is 0 Å². The quantitative estimate of drug-likeness (QED) is 0.406. The topological polar surface area (TPSA) is 43.4 Å². The molecule has 3 heteroatoms. The molecule has 7 atom stereocenters. The maximum atomic E-state index is 13.6. The SMILES string of the molecule is CC(=O)OC1CCC2(C)C3=C(C(=O)CC2C1)C1CCC(C(C)CCCC(C)C)C1(C)CC3. The van der Waals surface area contributed by atoms with Crippen molar-refractivity contribution in [1.29, 1.82) is 0 Å². The lowest BCUT2D eigenvalue weighted by Gasteiger charge is -2.54. The van der Waals surface area contributed by atoms with Gasteiger partial charge < -0.3 is 4.74 Å². The van der Waals surface area contributed by atoms with Gasteiger partial charge in [0.1, 0.15) is 6.10 Å². The van der Waals surface area contributed by atoms with Gasteiger partial charge in [-0.2, -0.15) is 0 Å². The Hall–Kier alpha value is -1.12. The van der Waals surface area contributed by atoms with Gasteiger partial charge in [-0.25, -0.2) is 0 Å². The fraction of sp³-hybridized carbons (Fsp3) is 0.862. The summed E-state index contributed by atoms with van der Waals surface area (Å²) >= 11 is 0. The molecule has 0 N–H and O–H groups in total. The predicted octanol–water partition coefficient (Wildman–Crippen LogP) is 7.28.